The van der Waals surface area contributed by atoms with Crippen LogP contribution in [-0.2, 0) is 9.47 Å². The van der Waals surface area contributed by atoms with Gasteiger partial charge in [0, 0.05) is 16.8 Å². The van der Waals surface area contributed by atoms with E-state index in [0.717, 1.165) is 43.4 Å². The number of hydrogen-bond acceptors (Lipinski definition) is 10. The maximum Gasteiger partial charge on any atom is 0.354 e. The Hall–Kier alpha value is -4.12. The van der Waals surface area contributed by atoms with Crippen LogP contribution in [0.4, 0.5) is 17.6 Å². The highest BCUT2D eigenvalue weighted by molar-refractivity contribution is 7.17. The van der Waals surface area contributed by atoms with Crippen LogP contribution in [0, 0.1) is 21.9 Å². The number of thiophene rings is 4. The molecular formula is C30H30F4N2O6S4. The topological polar surface area (TPSA) is 118 Å². The number of H-pyrrole nitrogens is 2. The zero-order valence-electron chi connectivity index (χ0n) is 22.8. The number of aromatic amines is 2. The van der Waals surface area contributed by atoms with Gasteiger partial charge in [-0.25, -0.2) is 18.4 Å². The van der Waals surface area contributed by atoms with Crippen molar-refractivity contribution in [2.24, 2.45) is 0 Å². The van der Waals surface area contributed by atoms with E-state index in [9.17, 15) is 36.7 Å². The Bertz CT molecular complexity index is 1770. The first-order valence-corrected chi connectivity index (χ1v) is 15.7. The van der Waals surface area contributed by atoms with Gasteiger partial charge in [-0.1, -0.05) is 14.9 Å². The standard InChI is InChI=1S/2C9H8FNO2S.2C5H3FOS.2CH4/c1-2-13-9(12)6-3-7-8(11-6)5(10)4-14-7;1-2-13-9(12)6-3-7-5(11-6)4-8(10)14-7;6-4-1-5(2-7)8-3-4;6-5-2-1-4(3-7)8-5;;/h2*3-4,11H,2H2,1H3;2*1-3H;2*1H4. The number of aromatic nitrogens is 2. The summed E-state index contributed by atoms with van der Waals surface area (Å²) in [5.74, 6) is -1.52. The van der Waals surface area contributed by atoms with E-state index in [-0.39, 0.29) is 36.7 Å². The molecule has 46 heavy (non-hydrogen) atoms. The second-order valence-corrected chi connectivity index (χ2v) is 12.0. The van der Waals surface area contributed by atoms with Crippen LogP contribution in [-0.4, -0.2) is 47.7 Å². The van der Waals surface area contributed by atoms with Gasteiger partial charge in [-0.3, -0.25) is 9.59 Å². The fraction of sp³-hybridized carbons (Fsp3) is 0.200. The van der Waals surface area contributed by atoms with Crippen LogP contribution in [0.5, 0.6) is 0 Å². The molecule has 0 radical (unpaired) electrons. The predicted octanol–water partition coefficient (Wildman–Crippen LogP) is 9.76. The first-order valence-electron chi connectivity index (χ1n) is 12.4. The van der Waals surface area contributed by atoms with Crippen molar-refractivity contribution >= 4 is 90.3 Å². The number of carbonyl (C=O) groups is 4. The van der Waals surface area contributed by atoms with Gasteiger partial charge in [-0.05, 0) is 44.2 Å². The molecule has 0 aliphatic rings. The van der Waals surface area contributed by atoms with Crippen LogP contribution in [0.2, 0.25) is 0 Å². The molecule has 0 saturated carbocycles. The number of nitrogens with one attached hydrogen (secondary N) is 2. The predicted molar refractivity (Wildman–Crippen MR) is 177 cm³/mol. The van der Waals surface area contributed by atoms with Crippen molar-refractivity contribution in [2.45, 2.75) is 28.7 Å². The molecule has 248 valence electrons. The van der Waals surface area contributed by atoms with Crippen LogP contribution in [0.15, 0.2) is 47.2 Å². The number of rotatable bonds is 6. The number of carbonyl (C=O) groups excluding carboxylic acids is 4. The quantitative estimate of drug-likeness (QED) is 0.101. The van der Waals surface area contributed by atoms with Crippen LogP contribution < -0.4 is 0 Å². The van der Waals surface area contributed by atoms with Crippen molar-refractivity contribution in [3.05, 3.63) is 90.2 Å². The summed E-state index contributed by atoms with van der Waals surface area (Å²) in [6.45, 7) is 4.11. The lowest BCUT2D eigenvalue weighted by Gasteiger charge is -1.96. The lowest BCUT2D eigenvalue weighted by atomic mass is 10.4. The molecule has 6 rings (SSSR count). The molecule has 0 amide bonds. The van der Waals surface area contributed by atoms with Gasteiger partial charge in [-0.2, -0.15) is 8.78 Å². The first kappa shape index (κ1) is 39.9. The average molecular weight is 719 g/mol. The van der Waals surface area contributed by atoms with Crippen LogP contribution in [0.3, 0.4) is 0 Å². The molecule has 0 atom stereocenters. The summed E-state index contributed by atoms with van der Waals surface area (Å²) in [5, 5.41) is 2.12. The normalized spacial score (nSPS) is 9.70. The van der Waals surface area contributed by atoms with Crippen LogP contribution in [0.1, 0.15) is 69.0 Å². The third-order valence-corrected chi connectivity index (χ3v) is 8.39. The SMILES string of the molecule is C.C.CCOC(=O)c1cc2sc(F)cc2[nH]1.CCOC(=O)c1cc2scc(F)c2[nH]1.O=Cc1cc(F)cs1.O=Cc1ccc(F)s1. The van der Waals surface area contributed by atoms with E-state index in [2.05, 4.69) is 9.97 Å². The lowest BCUT2D eigenvalue weighted by Crippen LogP contribution is -2.04. The van der Waals surface area contributed by atoms with E-state index < -0.39 is 11.9 Å². The number of esters is 2. The van der Waals surface area contributed by atoms with Gasteiger partial charge in [-0.15, -0.1) is 45.3 Å². The smallest absolute Gasteiger partial charge is 0.354 e. The van der Waals surface area contributed by atoms with E-state index in [4.69, 9.17) is 9.47 Å². The second-order valence-electron chi connectivity index (χ2n) is 8.00. The highest BCUT2D eigenvalue weighted by Crippen LogP contribution is 2.26. The third kappa shape index (κ3) is 11.3. The zero-order chi connectivity index (χ0) is 32.2. The van der Waals surface area contributed by atoms with Crippen LogP contribution >= 0.6 is 45.3 Å². The molecule has 0 spiro atoms. The number of halogens is 4. The highest BCUT2D eigenvalue weighted by Gasteiger charge is 2.14. The fourth-order valence-corrected chi connectivity index (χ4v) is 5.87. The minimum absolute atomic E-state index is 0. The highest BCUT2D eigenvalue weighted by atomic mass is 32.1. The van der Waals surface area contributed by atoms with Crippen molar-refractivity contribution in [1.29, 1.82) is 0 Å². The van der Waals surface area contributed by atoms with Crippen molar-refractivity contribution in [1.82, 2.24) is 9.97 Å². The number of fused-ring (bicyclic) bond motifs is 2. The molecular weight excluding hydrogens is 689 g/mol. The third-order valence-electron chi connectivity index (χ3n) is 4.99. The summed E-state index contributed by atoms with van der Waals surface area (Å²) < 4.78 is 60.7. The average Bonchev–Trinajstić information content (AvgIpc) is 3.83. The molecule has 0 aliphatic carbocycles. The van der Waals surface area contributed by atoms with Crippen LogP contribution in [0.25, 0.3) is 20.4 Å². The van der Waals surface area contributed by atoms with Gasteiger partial charge in [0.1, 0.15) is 17.2 Å². The maximum absolute atomic E-state index is 13.0. The summed E-state index contributed by atoms with van der Waals surface area (Å²) >= 11 is 4.22. The molecule has 0 bridgehead atoms. The molecule has 16 heteroatoms. The lowest BCUT2D eigenvalue weighted by molar-refractivity contribution is 0.0511. The van der Waals surface area contributed by atoms with E-state index in [0.29, 0.717) is 58.0 Å². The number of ether oxygens (including phenoxy) is 2. The Morgan fingerprint density at radius 2 is 1.35 bits per heavy atom. The zero-order valence-corrected chi connectivity index (χ0v) is 26.0. The van der Waals surface area contributed by atoms with Gasteiger partial charge < -0.3 is 19.4 Å². The molecule has 0 fully saturated rings. The van der Waals surface area contributed by atoms with Crippen molar-refractivity contribution in [2.75, 3.05) is 13.2 Å². The van der Waals surface area contributed by atoms with Crippen molar-refractivity contribution in [3.8, 4) is 0 Å². The molecule has 0 aliphatic heterocycles. The Labute approximate surface area is 277 Å². The molecule has 8 nitrogen and oxygen atoms in total. The Morgan fingerprint density at radius 1 is 0.739 bits per heavy atom. The molecule has 0 unspecified atom stereocenters. The molecule has 6 heterocycles. The summed E-state index contributed by atoms with van der Waals surface area (Å²) in [6.07, 6.45) is 1.27. The second kappa shape index (κ2) is 19.4. The first-order chi connectivity index (χ1) is 21.1. The number of hydrogen-bond donors (Lipinski definition) is 2. The summed E-state index contributed by atoms with van der Waals surface area (Å²) in [6, 6.07) is 8.49. The van der Waals surface area contributed by atoms with Gasteiger partial charge in [0.25, 0.3) is 0 Å². The van der Waals surface area contributed by atoms with E-state index >= 15 is 0 Å². The largest absolute Gasteiger partial charge is 0.461 e. The molecule has 0 aromatic carbocycles. The monoisotopic (exact) mass is 718 g/mol. The molecule has 2 N–H and O–H groups in total. The maximum atomic E-state index is 13.0. The Balaban J connectivity index is 0.000000312. The molecule has 0 saturated heterocycles. The van der Waals surface area contributed by atoms with Crippen molar-refractivity contribution < 1.29 is 46.2 Å². The summed E-state index contributed by atoms with van der Waals surface area (Å²) in [7, 11) is 0. The van der Waals surface area contributed by atoms with Gasteiger partial charge >= 0.3 is 11.9 Å². The van der Waals surface area contributed by atoms with Crippen molar-refractivity contribution in [3.63, 3.8) is 0 Å². The minimum atomic E-state index is -0.449. The molecule has 6 aromatic rings. The molecule has 6 aromatic heterocycles. The summed E-state index contributed by atoms with van der Waals surface area (Å²) in [5.41, 5.74) is 1.68. The van der Waals surface area contributed by atoms with E-state index in [1.54, 1.807) is 26.0 Å². The Kier molecular flexibility index (Phi) is 16.8. The van der Waals surface area contributed by atoms with E-state index in [1.165, 1.54) is 46.4 Å². The Morgan fingerprint density at radius 3 is 1.78 bits per heavy atom. The number of aldehydes is 2. The van der Waals surface area contributed by atoms with Gasteiger partial charge in [0.05, 0.1) is 43.4 Å². The van der Waals surface area contributed by atoms with Gasteiger partial charge in [0.2, 0.25) is 0 Å². The van der Waals surface area contributed by atoms with E-state index in [1.807, 2.05) is 0 Å². The minimum Gasteiger partial charge on any atom is -0.461 e. The van der Waals surface area contributed by atoms with Gasteiger partial charge in [0.15, 0.2) is 28.7 Å². The fourth-order valence-electron chi connectivity index (χ4n) is 3.19. The summed E-state index contributed by atoms with van der Waals surface area (Å²) in [4.78, 5) is 48.6.